The Morgan fingerprint density at radius 2 is 1.38 bits per heavy atom. The third-order valence-electron chi connectivity index (χ3n) is 5.53. The minimum Gasteiger partial charge on any atom is -0.493 e. The summed E-state index contributed by atoms with van der Waals surface area (Å²) in [5.74, 6) is -1.63. The molecule has 0 radical (unpaired) electrons. The van der Waals surface area contributed by atoms with Gasteiger partial charge in [0, 0.05) is 18.4 Å². The van der Waals surface area contributed by atoms with Gasteiger partial charge < -0.3 is 28.6 Å². The maximum Gasteiger partial charge on any atom is 0.344 e. The first-order valence-corrected chi connectivity index (χ1v) is 11.2. The molecule has 1 aliphatic heterocycles. The second-order valence-corrected chi connectivity index (χ2v) is 7.44. The van der Waals surface area contributed by atoms with Gasteiger partial charge in [-0.2, -0.15) is 0 Å². The number of methoxy groups -OCH3 is 1. The summed E-state index contributed by atoms with van der Waals surface area (Å²) in [5.41, 5.74) is 2.60. The zero-order chi connectivity index (χ0) is 25.4. The highest BCUT2D eigenvalue weighted by atomic mass is 16.6. The molecule has 9 nitrogen and oxygen atoms in total. The average molecular weight is 476 g/mol. The number of rotatable bonds is 10. The van der Waals surface area contributed by atoms with Crippen molar-refractivity contribution in [3.63, 3.8) is 0 Å². The summed E-state index contributed by atoms with van der Waals surface area (Å²) in [6.07, 6.45) is 0. The molecule has 2 rings (SSSR count). The minimum atomic E-state index is -0.748. The Balaban J connectivity index is 2.61. The molecule has 0 bridgehead atoms. The summed E-state index contributed by atoms with van der Waals surface area (Å²) in [6, 6.07) is 5.02. The molecule has 1 aliphatic rings. The molecular formula is C25H33NO8. The van der Waals surface area contributed by atoms with Gasteiger partial charge in [0.15, 0.2) is 18.1 Å². The van der Waals surface area contributed by atoms with Gasteiger partial charge in [0.1, 0.15) is 0 Å². The first-order chi connectivity index (χ1) is 16.2. The molecule has 34 heavy (non-hydrogen) atoms. The summed E-state index contributed by atoms with van der Waals surface area (Å²) in [6.45, 7) is 9.11. The molecule has 0 N–H and O–H groups in total. The minimum absolute atomic E-state index is 0.188. The van der Waals surface area contributed by atoms with Gasteiger partial charge in [-0.3, -0.25) is 0 Å². The van der Waals surface area contributed by atoms with E-state index in [1.807, 2.05) is 0 Å². The van der Waals surface area contributed by atoms with Crippen molar-refractivity contribution in [3.8, 4) is 11.5 Å². The smallest absolute Gasteiger partial charge is 0.344 e. The van der Waals surface area contributed by atoms with E-state index in [-0.39, 0.29) is 26.4 Å². The molecular weight excluding hydrogens is 442 g/mol. The van der Waals surface area contributed by atoms with Crippen LogP contribution in [0.2, 0.25) is 0 Å². The highest BCUT2D eigenvalue weighted by Crippen LogP contribution is 2.44. The number of allylic oxidation sites excluding steroid dienone is 2. The standard InChI is InChI=1S/C25H33NO8/c1-8-31-20(27)14-34-18-12-11-17(13-19(18)30-7)23-21(24(28)32-9-2)15(4)26(6)16(5)22(23)25(29)33-10-3/h11-13,23H,8-10,14H2,1-7H3. The van der Waals surface area contributed by atoms with Crippen molar-refractivity contribution in [3.05, 3.63) is 46.3 Å². The summed E-state index contributed by atoms with van der Waals surface area (Å²) < 4.78 is 26.6. The van der Waals surface area contributed by atoms with Crippen LogP contribution < -0.4 is 9.47 Å². The van der Waals surface area contributed by atoms with E-state index in [0.717, 1.165) is 0 Å². The van der Waals surface area contributed by atoms with Crippen molar-refractivity contribution in [2.45, 2.75) is 40.5 Å². The van der Waals surface area contributed by atoms with Crippen molar-refractivity contribution < 1.29 is 38.1 Å². The lowest BCUT2D eigenvalue weighted by atomic mass is 9.79. The highest BCUT2D eigenvalue weighted by Gasteiger charge is 2.40. The fraction of sp³-hybridized carbons (Fsp3) is 0.480. The molecule has 1 heterocycles. The van der Waals surface area contributed by atoms with E-state index in [1.54, 1.807) is 64.8 Å². The summed E-state index contributed by atoms with van der Waals surface area (Å²) in [4.78, 5) is 39.5. The molecule has 0 aromatic heterocycles. The molecule has 0 atom stereocenters. The third kappa shape index (κ3) is 5.70. The van der Waals surface area contributed by atoms with Gasteiger partial charge in [-0.25, -0.2) is 14.4 Å². The molecule has 0 saturated heterocycles. The van der Waals surface area contributed by atoms with Crippen molar-refractivity contribution in [2.75, 3.05) is 40.6 Å². The normalized spacial score (nSPS) is 14.1. The second-order valence-electron chi connectivity index (χ2n) is 7.44. The number of hydrogen-bond acceptors (Lipinski definition) is 9. The van der Waals surface area contributed by atoms with Crippen molar-refractivity contribution in [1.82, 2.24) is 4.90 Å². The first kappa shape index (κ1) is 26.8. The average Bonchev–Trinajstić information content (AvgIpc) is 2.81. The van der Waals surface area contributed by atoms with Crippen LogP contribution in [-0.4, -0.2) is 63.4 Å². The van der Waals surface area contributed by atoms with Crippen LogP contribution in [0.25, 0.3) is 0 Å². The van der Waals surface area contributed by atoms with Crippen molar-refractivity contribution in [1.29, 1.82) is 0 Å². The van der Waals surface area contributed by atoms with Crippen LogP contribution >= 0.6 is 0 Å². The fourth-order valence-corrected chi connectivity index (χ4v) is 3.78. The number of carbonyl (C=O) groups excluding carboxylic acids is 3. The van der Waals surface area contributed by atoms with Crippen molar-refractivity contribution >= 4 is 17.9 Å². The fourth-order valence-electron chi connectivity index (χ4n) is 3.78. The van der Waals surface area contributed by atoms with Gasteiger partial charge in [-0.05, 0) is 52.3 Å². The third-order valence-corrected chi connectivity index (χ3v) is 5.53. The van der Waals surface area contributed by atoms with E-state index < -0.39 is 23.8 Å². The number of ether oxygens (including phenoxy) is 5. The molecule has 0 unspecified atom stereocenters. The lowest BCUT2D eigenvalue weighted by Crippen LogP contribution is -2.33. The molecule has 0 saturated carbocycles. The molecule has 1 aromatic carbocycles. The Morgan fingerprint density at radius 1 is 0.853 bits per heavy atom. The Kier molecular flexibility index (Phi) is 9.53. The largest absolute Gasteiger partial charge is 0.493 e. The van der Waals surface area contributed by atoms with Crippen LogP contribution in [0.1, 0.15) is 46.1 Å². The maximum atomic E-state index is 13.0. The van der Waals surface area contributed by atoms with Crippen LogP contribution in [0.3, 0.4) is 0 Å². The molecule has 0 spiro atoms. The Bertz CT molecular complexity index is 953. The maximum absolute atomic E-state index is 13.0. The van der Waals surface area contributed by atoms with Gasteiger partial charge >= 0.3 is 17.9 Å². The van der Waals surface area contributed by atoms with E-state index in [2.05, 4.69) is 0 Å². The SMILES string of the molecule is CCOC(=O)COc1ccc(C2C(C(=O)OCC)=C(C)N(C)C(C)=C2C(=O)OCC)cc1OC. The monoisotopic (exact) mass is 475 g/mol. The zero-order valence-electron chi connectivity index (χ0n) is 20.9. The molecule has 9 heteroatoms. The summed E-state index contributed by atoms with van der Waals surface area (Å²) in [5, 5.41) is 0. The Hall–Kier alpha value is -3.49. The van der Waals surface area contributed by atoms with Crippen LogP contribution in [0, 0.1) is 0 Å². The lowest BCUT2D eigenvalue weighted by molar-refractivity contribution is -0.145. The second kappa shape index (κ2) is 12.1. The Labute approximate surface area is 200 Å². The predicted octanol–water partition coefficient (Wildman–Crippen LogP) is 3.34. The first-order valence-electron chi connectivity index (χ1n) is 11.2. The molecule has 0 fully saturated rings. The topological polar surface area (TPSA) is 101 Å². The number of esters is 3. The van der Waals surface area contributed by atoms with Crippen LogP contribution in [0.4, 0.5) is 0 Å². The molecule has 0 aliphatic carbocycles. The number of benzene rings is 1. The van der Waals surface area contributed by atoms with Crippen LogP contribution in [-0.2, 0) is 28.6 Å². The van der Waals surface area contributed by atoms with E-state index in [1.165, 1.54) is 7.11 Å². The zero-order valence-corrected chi connectivity index (χ0v) is 20.9. The lowest BCUT2D eigenvalue weighted by Gasteiger charge is -2.35. The molecule has 1 aromatic rings. The van der Waals surface area contributed by atoms with E-state index >= 15 is 0 Å². The van der Waals surface area contributed by atoms with Gasteiger partial charge in [0.05, 0.1) is 44.0 Å². The predicted molar refractivity (Wildman–Crippen MR) is 124 cm³/mol. The highest BCUT2D eigenvalue weighted by molar-refractivity contribution is 6.00. The van der Waals surface area contributed by atoms with Crippen molar-refractivity contribution in [2.24, 2.45) is 0 Å². The quantitative estimate of drug-likeness (QED) is 0.372. The van der Waals surface area contributed by atoms with E-state index in [4.69, 9.17) is 23.7 Å². The van der Waals surface area contributed by atoms with E-state index in [9.17, 15) is 14.4 Å². The van der Waals surface area contributed by atoms with Gasteiger partial charge in [-0.1, -0.05) is 6.07 Å². The van der Waals surface area contributed by atoms with Gasteiger partial charge in [-0.15, -0.1) is 0 Å². The Morgan fingerprint density at radius 3 is 1.85 bits per heavy atom. The summed E-state index contributed by atoms with van der Waals surface area (Å²) in [7, 11) is 3.25. The number of carbonyl (C=O) groups is 3. The van der Waals surface area contributed by atoms with Crippen LogP contribution in [0.15, 0.2) is 40.7 Å². The summed E-state index contributed by atoms with van der Waals surface area (Å²) >= 11 is 0. The number of nitrogens with zero attached hydrogens (tertiary/aromatic N) is 1. The molecule has 0 amide bonds. The van der Waals surface area contributed by atoms with E-state index in [0.29, 0.717) is 39.6 Å². The van der Waals surface area contributed by atoms with Gasteiger partial charge in [0.25, 0.3) is 0 Å². The molecule has 186 valence electrons. The van der Waals surface area contributed by atoms with Gasteiger partial charge in [0.2, 0.25) is 0 Å². The van der Waals surface area contributed by atoms with Crippen LogP contribution in [0.5, 0.6) is 11.5 Å². The number of hydrogen-bond donors (Lipinski definition) is 0.